The number of hydrogen-bond acceptors (Lipinski definition) is 2. The van der Waals surface area contributed by atoms with Crippen LogP contribution in [0.3, 0.4) is 0 Å². The molecule has 0 saturated carbocycles. The summed E-state index contributed by atoms with van der Waals surface area (Å²) in [6.07, 6.45) is 1.25. The Hall–Kier alpha value is -1.87. The first-order valence-corrected chi connectivity index (χ1v) is 6.63. The number of carbonyl (C=O) groups excluding carboxylic acids is 1. The number of rotatable bonds is 3. The highest BCUT2D eigenvalue weighted by Crippen LogP contribution is 2.16. The largest absolute Gasteiger partial charge is 0.507 e. The first kappa shape index (κ1) is 13.6. The van der Waals surface area contributed by atoms with Crippen molar-refractivity contribution < 1.29 is 9.90 Å². The number of aliphatic hydroxyl groups is 1. The summed E-state index contributed by atoms with van der Waals surface area (Å²) in [7, 11) is 0. The number of aryl methyl sites for hydroxylation is 1. The fraction of sp³-hybridized carbons (Fsp3) is 0.0625. The van der Waals surface area contributed by atoms with E-state index >= 15 is 0 Å². The van der Waals surface area contributed by atoms with Crippen molar-refractivity contribution in [3.05, 3.63) is 75.8 Å². The molecular weight excluding hydrogens is 304 g/mol. The molecule has 0 radical (unpaired) electrons. The highest BCUT2D eigenvalue weighted by Gasteiger charge is 2.06. The average molecular weight is 317 g/mol. The summed E-state index contributed by atoms with van der Waals surface area (Å²) in [6.45, 7) is 1.94. The van der Waals surface area contributed by atoms with Crippen LogP contribution in [0.15, 0.2) is 59.1 Å². The first-order valence-electron chi connectivity index (χ1n) is 5.84. The van der Waals surface area contributed by atoms with Gasteiger partial charge >= 0.3 is 0 Å². The quantitative estimate of drug-likeness (QED) is 0.513. The van der Waals surface area contributed by atoms with Crippen LogP contribution in [-0.4, -0.2) is 10.9 Å². The SMILES string of the molecule is Cc1cccc(C(O)=CC(=O)c2ccc(Br)cc2)c1. The molecule has 0 atom stereocenters. The Kier molecular flexibility index (Phi) is 4.17. The van der Waals surface area contributed by atoms with E-state index in [0.29, 0.717) is 11.1 Å². The van der Waals surface area contributed by atoms with Gasteiger partial charge in [-0.15, -0.1) is 0 Å². The van der Waals surface area contributed by atoms with E-state index in [2.05, 4.69) is 15.9 Å². The molecule has 0 bridgehead atoms. The molecule has 19 heavy (non-hydrogen) atoms. The maximum absolute atomic E-state index is 12.0. The summed E-state index contributed by atoms with van der Waals surface area (Å²) in [5, 5.41) is 9.96. The van der Waals surface area contributed by atoms with Crippen molar-refractivity contribution in [3.8, 4) is 0 Å². The first-order chi connectivity index (χ1) is 9.06. The number of aliphatic hydroxyl groups excluding tert-OH is 1. The number of benzene rings is 2. The molecule has 0 aliphatic carbocycles. The van der Waals surface area contributed by atoms with Crippen molar-refractivity contribution in [2.24, 2.45) is 0 Å². The van der Waals surface area contributed by atoms with E-state index < -0.39 is 0 Å². The Bertz CT molecular complexity index is 627. The normalized spacial score (nSPS) is 11.4. The topological polar surface area (TPSA) is 37.3 Å². The number of carbonyl (C=O) groups is 1. The van der Waals surface area contributed by atoms with E-state index in [4.69, 9.17) is 0 Å². The van der Waals surface area contributed by atoms with Crippen molar-refractivity contribution >= 4 is 27.5 Å². The van der Waals surface area contributed by atoms with Gasteiger partial charge in [0.15, 0.2) is 5.78 Å². The lowest BCUT2D eigenvalue weighted by Crippen LogP contribution is -1.96. The van der Waals surface area contributed by atoms with E-state index in [1.54, 1.807) is 30.3 Å². The molecule has 2 aromatic carbocycles. The molecule has 2 nitrogen and oxygen atoms in total. The van der Waals surface area contributed by atoms with Crippen LogP contribution in [0, 0.1) is 6.92 Å². The standard InChI is InChI=1S/C16H13BrO2/c1-11-3-2-4-13(9-11)16(19)10-15(18)12-5-7-14(17)8-6-12/h2-10,19H,1H3. The summed E-state index contributed by atoms with van der Waals surface area (Å²) in [5.41, 5.74) is 2.22. The minimum absolute atomic E-state index is 0.0170. The summed E-state index contributed by atoms with van der Waals surface area (Å²) < 4.78 is 0.913. The number of ketones is 1. The molecule has 0 aliphatic heterocycles. The van der Waals surface area contributed by atoms with Gasteiger partial charge in [0, 0.05) is 21.7 Å². The van der Waals surface area contributed by atoms with Crippen molar-refractivity contribution in [2.75, 3.05) is 0 Å². The third kappa shape index (κ3) is 3.55. The molecule has 2 aromatic rings. The van der Waals surface area contributed by atoms with Crippen LogP contribution < -0.4 is 0 Å². The maximum Gasteiger partial charge on any atom is 0.189 e. The molecule has 0 aromatic heterocycles. The zero-order valence-corrected chi connectivity index (χ0v) is 12.0. The predicted octanol–water partition coefficient (Wildman–Crippen LogP) is 4.54. The van der Waals surface area contributed by atoms with Crippen LogP contribution in [0.1, 0.15) is 21.5 Å². The molecule has 0 unspecified atom stereocenters. The van der Waals surface area contributed by atoms with Crippen LogP contribution in [0.2, 0.25) is 0 Å². The fourth-order valence-corrected chi connectivity index (χ4v) is 1.97. The van der Waals surface area contributed by atoms with Crippen LogP contribution in [-0.2, 0) is 0 Å². The van der Waals surface area contributed by atoms with Crippen LogP contribution in [0.5, 0.6) is 0 Å². The second-order valence-electron chi connectivity index (χ2n) is 4.27. The van der Waals surface area contributed by atoms with Gasteiger partial charge in [0.25, 0.3) is 0 Å². The van der Waals surface area contributed by atoms with Crippen molar-refractivity contribution in [2.45, 2.75) is 6.92 Å². The Morgan fingerprint density at radius 3 is 2.42 bits per heavy atom. The van der Waals surface area contributed by atoms with E-state index in [1.165, 1.54) is 6.08 Å². The Balaban J connectivity index is 2.25. The fourth-order valence-electron chi connectivity index (χ4n) is 1.71. The number of hydrogen-bond donors (Lipinski definition) is 1. The smallest absolute Gasteiger partial charge is 0.189 e. The Morgan fingerprint density at radius 2 is 1.79 bits per heavy atom. The van der Waals surface area contributed by atoms with Gasteiger partial charge in [0.1, 0.15) is 5.76 Å². The van der Waals surface area contributed by atoms with Gasteiger partial charge in [-0.3, -0.25) is 4.79 Å². The van der Waals surface area contributed by atoms with Crippen molar-refractivity contribution in [1.29, 1.82) is 0 Å². The summed E-state index contributed by atoms with van der Waals surface area (Å²) >= 11 is 3.31. The molecule has 0 saturated heterocycles. The van der Waals surface area contributed by atoms with E-state index in [0.717, 1.165) is 10.0 Å². The summed E-state index contributed by atoms with van der Waals surface area (Å²) in [6, 6.07) is 14.4. The molecule has 96 valence electrons. The van der Waals surface area contributed by atoms with Crippen molar-refractivity contribution in [3.63, 3.8) is 0 Å². The third-order valence-electron chi connectivity index (χ3n) is 2.71. The van der Waals surface area contributed by atoms with Crippen LogP contribution in [0.4, 0.5) is 0 Å². The highest BCUT2D eigenvalue weighted by atomic mass is 79.9. The van der Waals surface area contributed by atoms with E-state index in [1.807, 2.05) is 25.1 Å². The molecular formula is C16H13BrO2. The second kappa shape index (κ2) is 5.85. The number of allylic oxidation sites excluding steroid dienone is 1. The number of halogens is 1. The van der Waals surface area contributed by atoms with E-state index in [9.17, 15) is 9.90 Å². The van der Waals surface area contributed by atoms with Crippen LogP contribution >= 0.6 is 15.9 Å². The third-order valence-corrected chi connectivity index (χ3v) is 3.24. The summed E-state index contributed by atoms with van der Waals surface area (Å²) in [5.74, 6) is -0.233. The molecule has 2 rings (SSSR count). The van der Waals surface area contributed by atoms with Gasteiger partial charge in [0.05, 0.1) is 0 Å². The second-order valence-corrected chi connectivity index (χ2v) is 5.19. The van der Waals surface area contributed by atoms with Crippen molar-refractivity contribution in [1.82, 2.24) is 0 Å². The maximum atomic E-state index is 12.0. The molecule has 0 aliphatic rings. The lowest BCUT2D eigenvalue weighted by Gasteiger charge is -2.02. The Labute approximate surface area is 120 Å². The molecule has 0 spiro atoms. The minimum Gasteiger partial charge on any atom is -0.507 e. The molecule has 0 fully saturated rings. The van der Waals surface area contributed by atoms with E-state index in [-0.39, 0.29) is 11.5 Å². The predicted molar refractivity (Wildman–Crippen MR) is 80.3 cm³/mol. The molecule has 1 N–H and O–H groups in total. The highest BCUT2D eigenvalue weighted by molar-refractivity contribution is 9.10. The lowest BCUT2D eigenvalue weighted by atomic mass is 10.1. The van der Waals surface area contributed by atoms with Gasteiger partial charge in [-0.1, -0.05) is 39.7 Å². The Morgan fingerprint density at radius 1 is 1.11 bits per heavy atom. The molecule has 0 amide bonds. The van der Waals surface area contributed by atoms with Crippen LogP contribution in [0.25, 0.3) is 5.76 Å². The summed E-state index contributed by atoms with van der Waals surface area (Å²) in [4.78, 5) is 12.0. The lowest BCUT2D eigenvalue weighted by molar-refractivity contribution is 0.104. The van der Waals surface area contributed by atoms with Gasteiger partial charge in [-0.25, -0.2) is 0 Å². The monoisotopic (exact) mass is 316 g/mol. The minimum atomic E-state index is -0.216. The van der Waals surface area contributed by atoms with Gasteiger partial charge in [-0.05, 0) is 37.3 Å². The molecule has 0 heterocycles. The average Bonchev–Trinajstić information content (AvgIpc) is 2.39. The molecule has 3 heteroatoms. The zero-order valence-electron chi connectivity index (χ0n) is 10.4. The van der Waals surface area contributed by atoms with Gasteiger partial charge in [0.2, 0.25) is 0 Å². The zero-order chi connectivity index (χ0) is 13.8. The van der Waals surface area contributed by atoms with Gasteiger partial charge in [-0.2, -0.15) is 0 Å². The van der Waals surface area contributed by atoms with Gasteiger partial charge < -0.3 is 5.11 Å².